The molecule has 21 heavy (non-hydrogen) atoms. The van der Waals surface area contributed by atoms with Crippen LogP contribution in [0.5, 0.6) is 0 Å². The molecule has 102 valence electrons. The van der Waals surface area contributed by atoms with Crippen LogP contribution in [0.15, 0.2) is 36.4 Å². The number of benzene rings is 2. The quantitative estimate of drug-likeness (QED) is 0.687. The fraction of sp³-hybridized carbons (Fsp3) is 0. The summed E-state index contributed by atoms with van der Waals surface area (Å²) < 4.78 is 13.2. The lowest BCUT2D eigenvalue weighted by Gasteiger charge is -2.07. The van der Waals surface area contributed by atoms with Gasteiger partial charge in [0.15, 0.2) is 0 Å². The van der Waals surface area contributed by atoms with Gasteiger partial charge in [0.25, 0.3) is 5.69 Å². The van der Waals surface area contributed by atoms with Crippen molar-refractivity contribution < 1.29 is 9.31 Å². The summed E-state index contributed by atoms with van der Waals surface area (Å²) in [5, 5.41) is 31.2. The standard InChI is InChI=1S/C14H7FN4O2/c15-13-3-1-11(5-9(13)7-16)18-12-2-4-14(19(20)21)10(6-12)8-17/h1-6,18H. The van der Waals surface area contributed by atoms with Crippen LogP contribution in [-0.4, -0.2) is 4.92 Å². The van der Waals surface area contributed by atoms with Crippen molar-refractivity contribution in [3.05, 3.63) is 63.5 Å². The van der Waals surface area contributed by atoms with E-state index in [0.717, 1.165) is 6.07 Å². The van der Waals surface area contributed by atoms with E-state index in [0.29, 0.717) is 11.4 Å². The fourth-order valence-electron chi connectivity index (χ4n) is 1.72. The summed E-state index contributed by atoms with van der Waals surface area (Å²) in [6, 6.07) is 11.3. The van der Waals surface area contributed by atoms with E-state index in [1.54, 1.807) is 12.1 Å². The number of nitrogens with zero attached hydrogens (tertiary/aromatic N) is 3. The largest absolute Gasteiger partial charge is 0.355 e. The van der Waals surface area contributed by atoms with Crippen LogP contribution in [0.3, 0.4) is 0 Å². The highest BCUT2D eigenvalue weighted by molar-refractivity contribution is 5.66. The zero-order chi connectivity index (χ0) is 15.4. The van der Waals surface area contributed by atoms with Gasteiger partial charge in [-0.3, -0.25) is 10.1 Å². The van der Waals surface area contributed by atoms with Gasteiger partial charge in [0.05, 0.1) is 10.5 Å². The minimum Gasteiger partial charge on any atom is -0.355 e. The molecule has 0 fully saturated rings. The summed E-state index contributed by atoms with van der Waals surface area (Å²) >= 11 is 0. The average Bonchev–Trinajstić information content (AvgIpc) is 2.48. The first-order valence-electron chi connectivity index (χ1n) is 5.70. The third-order valence-electron chi connectivity index (χ3n) is 2.69. The number of rotatable bonds is 3. The summed E-state index contributed by atoms with van der Waals surface area (Å²) in [4.78, 5) is 10.1. The number of nitrogens with one attached hydrogen (secondary N) is 1. The zero-order valence-corrected chi connectivity index (χ0v) is 10.5. The van der Waals surface area contributed by atoms with Gasteiger partial charge in [-0.1, -0.05) is 0 Å². The van der Waals surface area contributed by atoms with Crippen LogP contribution >= 0.6 is 0 Å². The normalized spacial score (nSPS) is 9.48. The molecule has 0 aliphatic heterocycles. The van der Waals surface area contributed by atoms with Gasteiger partial charge in [-0.15, -0.1) is 0 Å². The van der Waals surface area contributed by atoms with Gasteiger partial charge in [0.1, 0.15) is 23.5 Å². The average molecular weight is 282 g/mol. The minimum atomic E-state index is -0.645. The molecule has 0 bridgehead atoms. The van der Waals surface area contributed by atoms with Crippen molar-refractivity contribution in [1.82, 2.24) is 0 Å². The molecule has 0 heterocycles. The molecule has 2 aromatic rings. The van der Waals surface area contributed by atoms with Gasteiger partial charge >= 0.3 is 0 Å². The van der Waals surface area contributed by atoms with Crippen molar-refractivity contribution >= 4 is 17.1 Å². The monoisotopic (exact) mass is 282 g/mol. The number of halogens is 1. The molecule has 7 heteroatoms. The number of nitriles is 2. The van der Waals surface area contributed by atoms with Crippen LogP contribution < -0.4 is 5.32 Å². The molecule has 0 unspecified atom stereocenters. The summed E-state index contributed by atoms with van der Waals surface area (Å²) in [5.74, 6) is -0.635. The predicted octanol–water partition coefficient (Wildman–Crippen LogP) is 3.22. The molecule has 0 radical (unpaired) electrons. The minimum absolute atomic E-state index is 0.0902. The number of nitro groups is 1. The van der Waals surface area contributed by atoms with Crippen molar-refractivity contribution in [2.75, 3.05) is 5.32 Å². The SMILES string of the molecule is N#Cc1cc(Nc2ccc([N+](=O)[O-])c(C#N)c2)ccc1F. The maximum atomic E-state index is 13.2. The van der Waals surface area contributed by atoms with E-state index in [1.807, 2.05) is 0 Å². The van der Waals surface area contributed by atoms with Crippen LogP contribution in [-0.2, 0) is 0 Å². The highest BCUT2D eigenvalue weighted by atomic mass is 19.1. The second kappa shape index (κ2) is 5.68. The first kappa shape index (κ1) is 14.0. The third-order valence-corrected chi connectivity index (χ3v) is 2.69. The van der Waals surface area contributed by atoms with Crippen molar-refractivity contribution in [3.8, 4) is 12.1 Å². The molecule has 0 amide bonds. The Morgan fingerprint density at radius 3 is 2.19 bits per heavy atom. The molecule has 2 aromatic carbocycles. The van der Waals surface area contributed by atoms with Crippen molar-refractivity contribution in [3.63, 3.8) is 0 Å². The van der Waals surface area contributed by atoms with E-state index in [9.17, 15) is 14.5 Å². The molecule has 0 aliphatic rings. The van der Waals surface area contributed by atoms with Crippen LogP contribution in [0.25, 0.3) is 0 Å². The smallest absolute Gasteiger partial charge is 0.287 e. The Kier molecular flexibility index (Phi) is 3.78. The zero-order valence-electron chi connectivity index (χ0n) is 10.5. The molecule has 1 N–H and O–H groups in total. The summed E-state index contributed by atoms with van der Waals surface area (Å²) in [6.45, 7) is 0. The summed E-state index contributed by atoms with van der Waals surface area (Å²) in [6.07, 6.45) is 0. The van der Waals surface area contributed by atoms with E-state index in [2.05, 4.69) is 5.32 Å². The predicted molar refractivity (Wildman–Crippen MR) is 72.2 cm³/mol. The molecule has 0 aliphatic carbocycles. The van der Waals surface area contributed by atoms with Crippen LogP contribution in [0, 0.1) is 38.6 Å². The van der Waals surface area contributed by atoms with E-state index in [1.165, 1.54) is 30.3 Å². The Bertz CT molecular complexity index is 806. The first-order chi connectivity index (χ1) is 10.0. The summed E-state index contributed by atoms with van der Waals surface area (Å²) in [7, 11) is 0. The van der Waals surface area contributed by atoms with E-state index in [-0.39, 0.29) is 16.8 Å². The highest BCUT2D eigenvalue weighted by Crippen LogP contribution is 2.25. The Morgan fingerprint density at radius 2 is 1.62 bits per heavy atom. The van der Waals surface area contributed by atoms with E-state index < -0.39 is 10.7 Å². The van der Waals surface area contributed by atoms with Gasteiger partial charge in [-0.25, -0.2) is 4.39 Å². The molecule has 0 saturated carbocycles. The van der Waals surface area contributed by atoms with Gasteiger partial charge in [0, 0.05) is 17.4 Å². The molecule has 2 rings (SSSR count). The molecular weight excluding hydrogens is 275 g/mol. The molecule has 0 atom stereocenters. The van der Waals surface area contributed by atoms with E-state index in [4.69, 9.17) is 10.5 Å². The Hall–Kier alpha value is -3.45. The van der Waals surface area contributed by atoms with Crippen LogP contribution in [0.2, 0.25) is 0 Å². The maximum absolute atomic E-state index is 13.2. The van der Waals surface area contributed by atoms with Gasteiger partial charge in [0.2, 0.25) is 0 Å². The lowest BCUT2D eigenvalue weighted by atomic mass is 10.1. The lowest BCUT2D eigenvalue weighted by molar-refractivity contribution is -0.385. The molecule has 6 nitrogen and oxygen atoms in total. The Balaban J connectivity index is 2.35. The van der Waals surface area contributed by atoms with Crippen molar-refractivity contribution in [2.24, 2.45) is 0 Å². The van der Waals surface area contributed by atoms with Crippen molar-refractivity contribution in [2.45, 2.75) is 0 Å². The Morgan fingerprint density at radius 1 is 1.05 bits per heavy atom. The second-order valence-corrected chi connectivity index (χ2v) is 4.03. The number of anilines is 2. The lowest BCUT2D eigenvalue weighted by Crippen LogP contribution is -1.96. The van der Waals surface area contributed by atoms with Gasteiger partial charge in [-0.05, 0) is 30.3 Å². The third kappa shape index (κ3) is 2.94. The topological polar surface area (TPSA) is 103 Å². The fourth-order valence-corrected chi connectivity index (χ4v) is 1.72. The highest BCUT2D eigenvalue weighted by Gasteiger charge is 2.14. The first-order valence-corrected chi connectivity index (χ1v) is 5.70. The number of hydrogen-bond acceptors (Lipinski definition) is 5. The van der Waals surface area contributed by atoms with Gasteiger partial charge in [-0.2, -0.15) is 10.5 Å². The molecular formula is C14H7FN4O2. The maximum Gasteiger partial charge on any atom is 0.287 e. The summed E-state index contributed by atoms with van der Waals surface area (Å²) in [5.41, 5.74) is 0.355. The van der Waals surface area contributed by atoms with Crippen molar-refractivity contribution in [1.29, 1.82) is 10.5 Å². The van der Waals surface area contributed by atoms with E-state index >= 15 is 0 Å². The Labute approximate surface area is 118 Å². The number of hydrogen-bond donors (Lipinski definition) is 1. The van der Waals surface area contributed by atoms with Gasteiger partial charge < -0.3 is 5.32 Å². The second-order valence-electron chi connectivity index (χ2n) is 4.03. The molecule has 0 spiro atoms. The van der Waals surface area contributed by atoms with Crippen LogP contribution in [0.1, 0.15) is 11.1 Å². The number of nitro benzene ring substituents is 1. The molecule has 0 saturated heterocycles. The van der Waals surface area contributed by atoms with Crippen LogP contribution in [0.4, 0.5) is 21.5 Å². The molecule has 0 aromatic heterocycles.